The number of hydrogen-bond donors (Lipinski definition) is 0. The van der Waals surface area contributed by atoms with E-state index in [1.54, 1.807) is 0 Å². The molecule has 0 atom stereocenters. The van der Waals surface area contributed by atoms with Crippen LogP contribution in [-0.2, 0) is 18.4 Å². The Balaban J connectivity index is 1.76. The molecule has 0 saturated heterocycles. The number of rotatable bonds is 6. The Bertz CT molecular complexity index is 1190. The molecule has 0 bridgehead atoms. The molecule has 1 aliphatic heterocycles. The molecule has 0 aliphatic carbocycles. The fraction of sp³-hybridized carbons (Fsp3) is 0.393. The third-order valence-corrected chi connectivity index (χ3v) is 7.54. The van der Waals surface area contributed by atoms with Crippen LogP contribution in [0.1, 0.15) is 64.0 Å². The molecule has 2 nitrogen and oxygen atoms in total. The number of pyridine rings is 1. The fourth-order valence-electron chi connectivity index (χ4n) is 5.52. The highest BCUT2D eigenvalue weighted by atomic mass is 15.2. The van der Waals surface area contributed by atoms with Gasteiger partial charge in [-0.3, -0.25) is 0 Å². The zero-order valence-electron chi connectivity index (χ0n) is 18.6. The zero-order valence-corrected chi connectivity index (χ0v) is 18.6. The lowest BCUT2D eigenvalue weighted by Crippen LogP contribution is -2.54. The standard InChI is InChI=1S/C28H33N2/c1-4-7-9-21-12-14-22(15-13-21)25-20-24-11-8-10-23-16-17-28(5-2,6-3)30-19-18-29(25)27(30)26(23)24/h8,10-15,18-20H,4-7,9,16-17H2,1-3H3/q+1. The Labute approximate surface area is 180 Å². The maximum atomic E-state index is 2.60. The summed E-state index contributed by atoms with van der Waals surface area (Å²) in [5, 5.41) is 2.80. The van der Waals surface area contributed by atoms with E-state index in [1.165, 1.54) is 77.3 Å². The Hall–Kier alpha value is -2.61. The van der Waals surface area contributed by atoms with Crippen LogP contribution < -0.4 is 4.57 Å². The Morgan fingerprint density at radius 3 is 2.53 bits per heavy atom. The number of hydrogen-bond acceptors (Lipinski definition) is 0. The first-order chi connectivity index (χ1) is 14.7. The summed E-state index contributed by atoms with van der Waals surface area (Å²) in [7, 11) is 0. The summed E-state index contributed by atoms with van der Waals surface area (Å²) in [5.74, 6) is 0. The van der Waals surface area contributed by atoms with Crippen LogP contribution in [0.25, 0.3) is 27.7 Å². The lowest BCUT2D eigenvalue weighted by molar-refractivity contribution is -0.743. The second-order valence-corrected chi connectivity index (χ2v) is 9.00. The monoisotopic (exact) mass is 397 g/mol. The maximum absolute atomic E-state index is 2.60. The van der Waals surface area contributed by atoms with Gasteiger partial charge in [0.05, 0.1) is 5.39 Å². The number of imidazole rings is 1. The average Bonchev–Trinajstić information content (AvgIpc) is 3.18. The van der Waals surface area contributed by atoms with E-state index < -0.39 is 0 Å². The van der Waals surface area contributed by atoms with Crippen LogP contribution in [0.3, 0.4) is 0 Å². The van der Waals surface area contributed by atoms with E-state index in [1.807, 2.05) is 0 Å². The summed E-state index contributed by atoms with van der Waals surface area (Å²) in [6.45, 7) is 6.97. The van der Waals surface area contributed by atoms with E-state index >= 15 is 0 Å². The molecule has 2 aromatic heterocycles. The molecule has 2 heteroatoms. The van der Waals surface area contributed by atoms with Crippen molar-refractivity contribution in [1.82, 2.24) is 4.40 Å². The molecule has 1 aliphatic rings. The number of benzene rings is 2. The second-order valence-electron chi connectivity index (χ2n) is 9.00. The zero-order chi connectivity index (χ0) is 20.7. The molecule has 0 N–H and O–H groups in total. The Kier molecular flexibility index (Phi) is 4.89. The van der Waals surface area contributed by atoms with Crippen molar-refractivity contribution >= 4 is 16.4 Å². The number of unbranched alkanes of at least 4 members (excludes halogenated alkanes) is 1. The van der Waals surface area contributed by atoms with Crippen LogP contribution in [0.4, 0.5) is 0 Å². The van der Waals surface area contributed by atoms with Crippen LogP contribution in [0.15, 0.2) is 60.9 Å². The molecule has 0 fully saturated rings. The third kappa shape index (κ3) is 2.88. The minimum absolute atomic E-state index is 0.198. The van der Waals surface area contributed by atoms with Crippen LogP contribution in [0.5, 0.6) is 0 Å². The normalized spacial score (nSPS) is 15.2. The quantitative estimate of drug-likeness (QED) is 0.314. The largest absolute Gasteiger partial charge is 0.295 e. The lowest BCUT2D eigenvalue weighted by Gasteiger charge is -2.27. The molecule has 4 aromatic rings. The van der Waals surface area contributed by atoms with Gasteiger partial charge in [-0.2, -0.15) is 4.40 Å². The van der Waals surface area contributed by atoms with Gasteiger partial charge in [-0.15, -0.1) is 0 Å². The van der Waals surface area contributed by atoms with Crippen molar-refractivity contribution in [3.8, 4) is 11.3 Å². The predicted octanol–water partition coefficient (Wildman–Crippen LogP) is 6.85. The molecule has 0 saturated carbocycles. The van der Waals surface area contributed by atoms with Crippen molar-refractivity contribution < 1.29 is 4.57 Å². The Morgan fingerprint density at radius 2 is 1.80 bits per heavy atom. The minimum Gasteiger partial charge on any atom is -0.224 e. The van der Waals surface area contributed by atoms with Crippen molar-refractivity contribution in [1.29, 1.82) is 0 Å². The van der Waals surface area contributed by atoms with Gasteiger partial charge >= 0.3 is 0 Å². The van der Waals surface area contributed by atoms with Gasteiger partial charge in [-0.25, -0.2) is 4.57 Å². The van der Waals surface area contributed by atoms with Crippen LogP contribution in [0, 0.1) is 0 Å². The third-order valence-electron chi connectivity index (χ3n) is 7.54. The highest BCUT2D eigenvalue weighted by Crippen LogP contribution is 2.36. The van der Waals surface area contributed by atoms with E-state index in [0.29, 0.717) is 0 Å². The SMILES string of the molecule is CCCCc1ccc(-c2cc3cccc4c3c3n2cc[n+]3C(CC)(CC)CC4)cc1. The molecule has 0 unspecified atom stereocenters. The van der Waals surface area contributed by atoms with E-state index in [-0.39, 0.29) is 5.54 Å². The number of nitrogens with zero attached hydrogens (tertiary/aromatic N) is 2. The maximum Gasteiger partial charge on any atom is 0.295 e. The van der Waals surface area contributed by atoms with E-state index in [2.05, 4.69) is 90.7 Å². The van der Waals surface area contributed by atoms with Gasteiger partial charge in [0.25, 0.3) is 5.65 Å². The average molecular weight is 398 g/mol. The first kappa shape index (κ1) is 19.4. The van der Waals surface area contributed by atoms with Gasteiger partial charge in [-0.05, 0) is 61.1 Å². The first-order valence-corrected chi connectivity index (χ1v) is 11.8. The van der Waals surface area contributed by atoms with E-state index in [4.69, 9.17) is 0 Å². The lowest BCUT2D eigenvalue weighted by atomic mass is 9.86. The van der Waals surface area contributed by atoms with Crippen LogP contribution >= 0.6 is 0 Å². The van der Waals surface area contributed by atoms with E-state index in [9.17, 15) is 0 Å². The predicted molar refractivity (Wildman–Crippen MR) is 126 cm³/mol. The first-order valence-electron chi connectivity index (χ1n) is 11.8. The van der Waals surface area contributed by atoms with Gasteiger partial charge in [-0.1, -0.05) is 69.7 Å². The fourth-order valence-corrected chi connectivity index (χ4v) is 5.52. The van der Waals surface area contributed by atoms with Crippen molar-refractivity contribution in [3.63, 3.8) is 0 Å². The number of aryl methyl sites for hydroxylation is 2. The molecule has 5 rings (SSSR count). The molecular formula is C28H33N2+. The van der Waals surface area contributed by atoms with Crippen LogP contribution in [-0.4, -0.2) is 4.40 Å². The van der Waals surface area contributed by atoms with Crippen molar-refractivity contribution in [2.24, 2.45) is 0 Å². The van der Waals surface area contributed by atoms with E-state index in [0.717, 1.165) is 6.42 Å². The summed E-state index contributed by atoms with van der Waals surface area (Å²) >= 11 is 0. The minimum atomic E-state index is 0.198. The van der Waals surface area contributed by atoms with Gasteiger partial charge in [0, 0.05) is 5.56 Å². The van der Waals surface area contributed by atoms with Crippen molar-refractivity contribution in [2.75, 3.05) is 0 Å². The molecule has 2 aromatic carbocycles. The summed E-state index contributed by atoms with van der Waals surface area (Å²) in [4.78, 5) is 0. The topological polar surface area (TPSA) is 8.29 Å². The molecule has 30 heavy (non-hydrogen) atoms. The molecule has 3 heterocycles. The molecule has 0 amide bonds. The van der Waals surface area contributed by atoms with Gasteiger partial charge in [0.1, 0.15) is 23.6 Å². The summed E-state index contributed by atoms with van der Waals surface area (Å²) in [6, 6.07) is 18.5. The Morgan fingerprint density at radius 1 is 1.00 bits per heavy atom. The van der Waals surface area contributed by atoms with Gasteiger partial charge < -0.3 is 0 Å². The summed E-state index contributed by atoms with van der Waals surface area (Å²) in [6.07, 6.45) is 13.0. The van der Waals surface area contributed by atoms with Crippen molar-refractivity contribution in [3.05, 3.63) is 72.1 Å². The van der Waals surface area contributed by atoms with Crippen molar-refractivity contribution in [2.45, 2.75) is 71.3 Å². The summed E-state index contributed by atoms with van der Waals surface area (Å²) in [5.41, 5.74) is 7.09. The molecule has 0 spiro atoms. The highest BCUT2D eigenvalue weighted by molar-refractivity contribution is 5.98. The second kappa shape index (κ2) is 7.58. The van der Waals surface area contributed by atoms with Gasteiger partial charge in [0.2, 0.25) is 0 Å². The molecule has 0 radical (unpaired) electrons. The smallest absolute Gasteiger partial charge is 0.224 e. The highest BCUT2D eigenvalue weighted by Gasteiger charge is 2.38. The number of aromatic nitrogens is 2. The summed E-state index contributed by atoms with van der Waals surface area (Å²) < 4.78 is 5.04. The van der Waals surface area contributed by atoms with Gasteiger partial charge in [0.15, 0.2) is 0 Å². The van der Waals surface area contributed by atoms with Crippen LogP contribution in [0.2, 0.25) is 0 Å². The molecular weight excluding hydrogens is 364 g/mol. The molecule has 154 valence electrons.